The van der Waals surface area contributed by atoms with Crippen molar-refractivity contribution in [3.8, 4) is 11.5 Å². The van der Waals surface area contributed by atoms with Gasteiger partial charge in [0.2, 0.25) is 0 Å². The second kappa shape index (κ2) is 6.23. The van der Waals surface area contributed by atoms with Crippen LogP contribution < -0.4 is 9.47 Å². The average molecular weight is 274 g/mol. The topological polar surface area (TPSA) is 53.4 Å². The number of hydrogen-bond acceptors (Lipinski definition) is 4. The Labute approximate surface area is 118 Å². The highest BCUT2D eigenvalue weighted by Gasteiger charge is 2.14. The van der Waals surface area contributed by atoms with Gasteiger partial charge in [0.1, 0.15) is 11.5 Å². The van der Waals surface area contributed by atoms with Crippen LogP contribution in [0.2, 0.25) is 0 Å². The van der Waals surface area contributed by atoms with Gasteiger partial charge in [-0.25, -0.2) is 0 Å². The van der Waals surface area contributed by atoms with Gasteiger partial charge in [0.15, 0.2) is 5.78 Å². The van der Waals surface area contributed by atoms with E-state index in [1.807, 2.05) is 13.1 Å². The molecule has 0 amide bonds. The summed E-state index contributed by atoms with van der Waals surface area (Å²) in [7, 11) is 3.12. The van der Waals surface area contributed by atoms with Crippen molar-refractivity contribution in [2.75, 3.05) is 14.2 Å². The van der Waals surface area contributed by atoms with Crippen LogP contribution in [-0.2, 0) is 13.0 Å². The van der Waals surface area contributed by atoms with E-state index in [0.29, 0.717) is 23.5 Å². The van der Waals surface area contributed by atoms with E-state index in [-0.39, 0.29) is 5.78 Å². The SMILES string of the molecule is CCn1cc(CC(=O)c2ccc(OC)cc2OC)cn1. The van der Waals surface area contributed by atoms with Crippen LogP contribution in [0.15, 0.2) is 30.6 Å². The van der Waals surface area contributed by atoms with E-state index in [0.717, 1.165) is 12.1 Å². The van der Waals surface area contributed by atoms with Gasteiger partial charge >= 0.3 is 0 Å². The summed E-state index contributed by atoms with van der Waals surface area (Å²) in [6.07, 6.45) is 3.91. The average Bonchev–Trinajstić information content (AvgIpc) is 2.94. The predicted octanol–water partition coefficient (Wildman–Crippen LogP) is 2.35. The number of ether oxygens (including phenoxy) is 2. The smallest absolute Gasteiger partial charge is 0.171 e. The number of aromatic nitrogens is 2. The lowest BCUT2D eigenvalue weighted by molar-refractivity contribution is 0.0990. The Balaban J connectivity index is 2.20. The Morgan fingerprint density at radius 1 is 1.30 bits per heavy atom. The van der Waals surface area contributed by atoms with Crippen LogP contribution in [0.25, 0.3) is 0 Å². The highest BCUT2D eigenvalue weighted by molar-refractivity contribution is 6.00. The van der Waals surface area contributed by atoms with Crippen molar-refractivity contribution in [2.24, 2.45) is 0 Å². The summed E-state index contributed by atoms with van der Waals surface area (Å²) in [6, 6.07) is 5.19. The molecule has 0 unspecified atom stereocenters. The van der Waals surface area contributed by atoms with E-state index in [1.165, 1.54) is 0 Å². The van der Waals surface area contributed by atoms with Crippen LogP contribution in [0.3, 0.4) is 0 Å². The third kappa shape index (κ3) is 2.99. The maximum atomic E-state index is 12.3. The molecule has 0 bridgehead atoms. The minimum Gasteiger partial charge on any atom is -0.497 e. The summed E-state index contributed by atoms with van der Waals surface area (Å²) in [5.74, 6) is 1.19. The summed E-state index contributed by atoms with van der Waals surface area (Å²) < 4.78 is 12.2. The zero-order valence-electron chi connectivity index (χ0n) is 11.9. The molecule has 1 aromatic carbocycles. The summed E-state index contributed by atoms with van der Waals surface area (Å²) in [5, 5.41) is 4.16. The summed E-state index contributed by atoms with van der Waals surface area (Å²) in [6.45, 7) is 2.80. The molecule has 0 fully saturated rings. The fourth-order valence-electron chi connectivity index (χ4n) is 1.98. The second-order valence-corrected chi connectivity index (χ2v) is 4.37. The number of benzene rings is 1. The Morgan fingerprint density at radius 3 is 2.70 bits per heavy atom. The maximum absolute atomic E-state index is 12.3. The Hall–Kier alpha value is -2.30. The van der Waals surface area contributed by atoms with Gasteiger partial charge in [0.05, 0.1) is 26.0 Å². The third-order valence-electron chi connectivity index (χ3n) is 3.08. The zero-order chi connectivity index (χ0) is 14.5. The van der Waals surface area contributed by atoms with E-state index >= 15 is 0 Å². The number of nitrogens with zero attached hydrogens (tertiary/aromatic N) is 2. The van der Waals surface area contributed by atoms with Crippen LogP contribution in [0.5, 0.6) is 11.5 Å². The quantitative estimate of drug-likeness (QED) is 0.759. The molecule has 5 heteroatoms. The van der Waals surface area contributed by atoms with Crippen LogP contribution in [0, 0.1) is 0 Å². The molecule has 106 valence electrons. The van der Waals surface area contributed by atoms with E-state index in [2.05, 4.69) is 5.10 Å². The van der Waals surface area contributed by atoms with E-state index in [4.69, 9.17) is 9.47 Å². The van der Waals surface area contributed by atoms with Gasteiger partial charge in [-0.1, -0.05) is 0 Å². The van der Waals surface area contributed by atoms with E-state index in [9.17, 15) is 4.79 Å². The molecule has 0 N–H and O–H groups in total. The number of aryl methyl sites for hydroxylation is 1. The predicted molar refractivity (Wildman–Crippen MR) is 75.5 cm³/mol. The molecule has 2 aromatic rings. The molecule has 2 rings (SSSR count). The molecular formula is C15H18N2O3. The maximum Gasteiger partial charge on any atom is 0.171 e. The Bertz CT molecular complexity index is 605. The lowest BCUT2D eigenvalue weighted by Gasteiger charge is -2.09. The van der Waals surface area contributed by atoms with Gasteiger partial charge in [-0.05, 0) is 24.6 Å². The summed E-state index contributed by atoms with van der Waals surface area (Å²) in [5.41, 5.74) is 1.45. The van der Waals surface area contributed by atoms with Gasteiger partial charge in [-0.3, -0.25) is 9.48 Å². The van der Waals surface area contributed by atoms with Crippen molar-refractivity contribution >= 4 is 5.78 Å². The molecule has 5 nitrogen and oxygen atoms in total. The zero-order valence-corrected chi connectivity index (χ0v) is 11.9. The summed E-state index contributed by atoms with van der Waals surface area (Å²) in [4.78, 5) is 12.3. The van der Waals surface area contributed by atoms with E-state index < -0.39 is 0 Å². The van der Waals surface area contributed by atoms with Crippen molar-refractivity contribution in [3.05, 3.63) is 41.7 Å². The molecule has 20 heavy (non-hydrogen) atoms. The lowest BCUT2D eigenvalue weighted by atomic mass is 10.0. The first-order valence-electron chi connectivity index (χ1n) is 6.44. The fourth-order valence-corrected chi connectivity index (χ4v) is 1.98. The second-order valence-electron chi connectivity index (χ2n) is 4.37. The van der Waals surface area contributed by atoms with Crippen molar-refractivity contribution in [1.29, 1.82) is 0 Å². The standard InChI is InChI=1S/C15H18N2O3/c1-4-17-10-11(9-16-17)7-14(18)13-6-5-12(19-2)8-15(13)20-3/h5-6,8-10H,4,7H2,1-3H3. The number of rotatable bonds is 6. The minimum atomic E-state index is 0.000145. The van der Waals surface area contributed by atoms with Gasteiger partial charge in [0.25, 0.3) is 0 Å². The van der Waals surface area contributed by atoms with Gasteiger partial charge in [0, 0.05) is 25.2 Å². The van der Waals surface area contributed by atoms with E-state index in [1.54, 1.807) is 43.3 Å². The number of methoxy groups -OCH3 is 2. The molecular weight excluding hydrogens is 256 g/mol. The van der Waals surface area contributed by atoms with Gasteiger partial charge < -0.3 is 9.47 Å². The molecule has 0 radical (unpaired) electrons. The fraction of sp³-hybridized carbons (Fsp3) is 0.333. The molecule has 0 saturated heterocycles. The Morgan fingerprint density at radius 2 is 2.10 bits per heavy atom. The highest BCUT2D eigenvalue weighted by Crippen LogP contribution is 2.25. The van der Waals surface area contributed by atoms with Crippen LogP contribution in [0.4, 0.5) is 0 Å². The van der Waals surface area contributed by atoms with Crippen LogP contribution in [-0.4, -0.2) is 29.8 Å². The first kappa shape index (κ1) is 14.1. The van der Waals surface area contributed by atoms with Crippen LogP contribution >= 0.6 is 0 Å². The molecule has 0 aliphatic rings. The monoisotopic (exact) mass is 274 g/mol. The molecule has 0 aliphatic carbocycles. The molecule has 0 spiro atoms. The molecule has 1 aromatic heterocycles. The number of Topliss-reactive ketones (excluding diaryl/α,β-unsaturated/α-hetero) is 1. The minimum absolute atomic E-state index is 0.000145. The van der Waals surface area contributed by atoms with Gasteiger partial charge in [-0.15, -0.1) is 0 Å². The largest absolute Gasteiger partial charge is 0.497 e. The van der Waals surface area contributed by atoms with Crippen LogP contribution in [0.1, 0.15) is 22.8 Å². The third-order valence-corrected chi connectivity index (χ3v) is 3.08. The van der Waals surface area contributed by atoms with Crippen molar-refractivity contribution in [3.63, 3.8) is 0 Å². The number of hydrogen-bond donors (Lipinski definition) is 0. The number of carbonyl (C=O) groups excluding carboxylic acids is 1. The number of carbonyl (C=O) groups is 1. The molecule has 0 saturated carbocycles. The van der Waals surface area contributed by atoms with Gasteiger partial charge in [-0.2, -0.15) is 5.10 Å². The van der Waals surface area contributed by atoms with Crippen molar-refractivity contribution in [1.82, 2.24) is 9.78 Å². The number of ketones is 1. The lowest BCUT2D eigenvalue weighted by Crippen LogP contribution is -2.05. The summed E-state index contributed by atoms with van der Waals surface area (Å²) >= 11 is 0. The normalized spacial score (nSPS) is 10.3. The van der Waals surface area contributed by atoms with Crippen molar-refractivity contribution < 1.29 is 14.3 Å². The Kier molecular flexibility index (Phi) is 4.40. The molecule has 0 aliphatic heterocycles. The first-order chi connectivity index (χ1) is 9.67. The molecule has 0 atom stereocenters. The first-order valence-corrected chi connectivity index (χ1v) is 6.44. The highest BCUT2D eigenvalue weighted by atomic mass is 16.5. The van der Waals surface area contributed by atoms with Crippen molar-refractivity contribution in [2.45, 2.75) is 19.9 Å². The molecule has 1 heterocycles.